The second kappa shape index (κ2) is 5.48. The third kappa shape index (κ3) is 5.83. The first-order valence-corrected chi connectivity index (χ1v) is 4.01. The van der Waals surface area contributed by atoms with Gasteiger partial charge in [-0.25, -0.2) is 0 Å². The van der Waals surface area contributed by atoms with Crippen molar-refractivity contribution >= 4 is 0 Å². The van der Waals surface area contributed by atoms with Gasteiger partial charge in [-0.2, -0.15) is 0 Å². The van der Waals surface area contributed by atoms with Gasteiger partial charge in [0.2, 0.25) is 0 Å². The number of aliphatic hydroxyl groups is 1. The van der Waals surface area contributed by atoms with E-state index >= 15 is 0 Å². The van der Waals surface area contributed by atoms with E-state index in [-0.39, 0.29) is 6.10 Å². The fourth-order valence-electron chi connectivity index (χ4n) is 0.644. The van der Waals surface area contributed by atoms with Gasteiger partial charge < -0.3 is 5.11 Å². The van der Waals surface area contributed by atoms with E-state index in [0.717, 1.165) is 12.8 Å². The second-order valence-corrected chi connectivity index (χ2v) is 3.03. The van der Waals surface area contributed by atoms with Crippen LogP contribution in [0.1, 0.15) is 33.6 Å². The maximum atomic E-state index is 9.08. The Morgan fingerprint density at radius 3 is 2.40 bits per heavy atom. The molecule has 0 aromatic carbocycles. The maximum Gasteiger partial charge on any atom is 0.0718 e. The summed E-state index contributed by atoms with van der Waals surface area (Å²) in [5.74, 6) is 0.695. The Morgan fingerprint density at radius 1 is 1.40 bits per heavy atom. The van der Waals surface area contributed by atoms with Gasteiger partial charge in [0, 0.05) is 0 Å². The molecule has 1 N–H and O–H groups in total. The zero-order valence-electron chi connectivity index (χ0n) is 7.17. The van der Waals surface area contributed by atoms with Crippen molar-refractivity contribution in [1.82, 2.24) is 0 Å². The Labute approximate surface area is 63.8 Å². The number of hydrogen-bond acceptors (Lipinski definition) is 1. The Bertz CT molecular complexity index is 94.9. The highest BCUT2D eigenvalue weighted by Crippen LogP contribution is 2.01. The first kappa shape index (κ1) is 9.70. The van der Waals surface area contributed by atoms with Gasteiger partial charge in [0.15, 0.2) is 0 Å². The molecule has 0 rings (SSSR count). The Kier molecular flexibility index (Phi) is 5.32. The third-order valence-corrected chi connectivity index (χ3v) is 1.38. The van der Waals surface area contributed by atoms with Crippen LogP contribution in [-0.4, -0.2) is 11.2 Å². The average Bonchev–Trinajstić information content (AvgIpc) is 1.87. The average molecular weight is 142 g/mol. The van der Waals surface area contributed by atoms with Crippen molar-refractivity contribution in [3.05, 3.63) is 12.2 Å². The summed E-state index contributed by atoms with van der Waals surface area (Å²) >= 11 is 0. The van der Waals surface area contributed by atoms with Gasteiger partial charge >= 0.3 is 0 Å². The topological polar surface area (TPSA) is 20.2 Å². The normalized spacial score (nSPS) is 14.9. The summed E-state index contributed by atoms with van der Waals surface area (Å²) in [5.41, 5.74) is 0. The standard InChI is InChI=1S/C9H18O/c1-4-9(10)7-5-6-8(2)3/h5,7-10H,4,6H2,1-3H3. The monoisotopic (exact) mass is 142 g/mol. The smallest absolute Gasteiger partial charge is 0.0718 e. The molecule has 10 heavy (non-hydrogen) atoms. The molecule has 0 saturated carbocycles. The summed E-state index contributed by atoms with van der Waals surface area (Å²) in [6.07, 6.45) is 5.57. The summed E-state index contributed by atoms with van der Waals surface area (Å²) in [6, 6.07) is 0. The fourth-order valence-corrected chi connectivity index (χ4v) is 0.644. The molecule has 0 aliphatic heterocycles. The molecule has 0 heterocycles. The zero-order chi connectivity index (χ0) is 7.98. The van der Waals surface area contributed by atoms with Crippen LogP contribution in [0.2, 0.25) is 0 Å². The van der Waals surface area contributed by atoms with Crippen LogP contribution in [0.5, 0.6) is 0 Å². The van der Waals surface area contributed by atoms with E-state index < -0.39 is 0 Å². The number of allylic oxidation sites excluding steroid dienone is 1. The van der Waals surface area contributed by atoms with Crippen LogP contribution in [0.15, 0.2) is 12.2 Å². The lowest BCUT2D eigenvalue weighted by atomic mass is 10.1. The molecular weight excluding hydrogens is 124 g/mol. The van der Waals surface area contributed by atoms with E-state index in [0.29, 0.717) is 5.92 Å². The van der Waals surface area contributed by atoms with E-state index in [1.807, 2.05) is 13.0 Å². The maximum absolute atomic E-state index is 9.08. The first-order chi connectivity index (χ1) is 4.66. The molecule has 0 bridgehead atoms. The molecule has 0 amide bonds. The summed E-state index contributed by atoms with van der Waals surface area (Å²) in [5, 5.41) is 9.08. The van der Waals surface area contributed by atoms with Gasteiger partial charge in [0.25, 0.3) is 0 Å². The molecule has 0 fully saturated rings. The van der Waals surface area contributed by atoms with E-state index in [1.165, 1.54) is 0 Å². The van der Waals surface area contributed by atoms with Gasteiger partial charge in [-0.3, -0.25) is 0 Å². The van der Waals surface area contributed by atoms with E-state index in [4.69, 9.17) is 5.11 Å². The second-order valence-electron chi connectivity index (χ2n) is 3.03. The lowest BCUT2D eigenvalue weighted by Crippen LogP contribution is -1.98. The van der Waals surface area contributed by atoms with Gasteiger partial charge in [0.05, 0.1) is 6.10 Å². The lowest BCUT2D eigenvalue weighted by Gasteiger charge is -2.00. The summed E-state index contributed by atoms with van der Waals surface area (Å²) in [7, 11) is 0. The van der Waals surface area contributed by atoms with Gasteiger partial charge in [-0.05, 0) is 18.8 Å². The van der Waals surface area contributed by atoms with Crippen molar-refractivity contribution in [2.45, 2.75) is 39.7 Å². The van der Waals surface area contributed by atoms with E-state index in [1.54, 1.807) is 0 Å². The highest BCUT2D eigenvalue weighted by atomic mass is 16.3. The summed E-state index contributed by atoms with van der Waals surface area (Å²) < 4.78 is 0. The fraction of sp³-hybridized carbons (Fsp3) is 0.778. The van der Waals surface area contributed by atoms with Crippen LogP contribution in [-0.2, 0) is 0 Å². The Hall–Kier alpha value is -0.300. The number of aliphatic hydroxyl groups excluding tert-OH is 1. The quantitative estimate of drug-likeness (QED) is 0.597. The van der Waals surface area contributed by atoms with Gasteiger partial charge in [-0.1, -0.05) is 32.9 Å². The molecule has 0 aromatic rings. The minimum absolute atomic E-state index is 0.237. The van der Waals surface area contributed by atoms with E-state index in [9.17, 15) is 0 Å². The molecule has 0 aromatic heterocycles. The molecule has 1 heteroatoms. The molecule has 1 nitrogen and oxygen atoms in total. The van der Waals surface area contributed by atoms with Crippen LogP contribution in [0, 0.1) is 5.92 Å². The molecule has 60 valence electrons. The number of rotatable bonds is 4. The highest BCUT2D eigenvalue weighted by molar-refractivity contribution is 4.88. The zero-order valence-corrected chi connectivity index (χ0v) is 7.17. The predicted octanol–water partition coefficient (Wildman–Crippen LogP) is 2.36. The van der Waals surface area contributed by atoms with Crippen LogP contribution >= 0.6 is 0 Å². The third-order valence-electron chi connectivity index (χ3n) is 1.38. The molecule has 1 unspecified atom stereocenters. The minimum Gasteiger partial charge on any atom is -0.389 e. The molecule has 0 aliphatic rings. The molecule has 0 aliphatic carbocycles. The molecule has 0 radical (unpaired) electrons. The van der Waals surface area contributed by atoms with Crippen molar-refractivity contribution in [2.24, 2.45) is 5.92 Å². The Balaban J connectivity index is 3.36. The molecular formula is C9H18O. The Morgan fingerprint density at radius 2 is 2.00 bits per heavy atom. The highest BCUT2D eigenvalue weighted by Gasteiger charge is 1.92. The van der Waals surface area contributed by atoms with Gasteiger partial charge in [0.1, 0.15) is 0 Å². The SMILES string of the molecule is CCC(O)C=CCC(C)C. The van der Waals surface area contributed by atoms with Gasteiger partial charge in [-0.15, -0.1) is 0 Å². The molecule has 0 saturated heterocycles. The van der Waals surface area contributed by atoms with Crippen molar-refractivity contribution < 1.29 is 5.11 Å². The molecule has 1 atom stereocenters. The van der Waals surface area contributed by atoms with E-state index in [2.05, 4.69) is 19.9 Å². The summed E-state index contributed by atoms with van der Waals surface area (Å²) in [6.45, 7) is 6.32. The minimum atomic E-state index is -0.237. The molecule has 0 spiro atoms. The van der Waals surface area contributed by atoms with Crippen molar-refractivity contribution in [3.8, 4) is 0 Å². The van der Waals surface area contributed by atoms with Crippen LogP contribution in [0.25, 0.3) is 0 Å². The van der Waals surface area contributed by atoms with Crippen LogP contribution in [0.4, 0.5) is 0 Å². The van der Waals surface area contributed by atoms with Crippen molar-refractivity contribution in [1.29, 1.82) is 0 Å². The first-order valence-electron chi connectivity index (χ1n) is 4.01. The van der Waals surface area contributed by atoms with Crippen molar-refractivity contribution in [2.75, 3.05) is 0 Å². The van der Waals surface area contributed by atoms with Crippen molar-refractivity contribution in [3.63, 3.8) is 0 Å². The predicted molar refractivity (Wildman–Crippen MR) is 44.9 cm³/mol. The number of hydrogen-bond donors (Lipinski definition) is 1. The lowest BCUT2D eigenvalue weighted by molar-refractivity contribution is 0.218. The van der Waals surface area contributed by atoms with Crippen LogP contribution < -0.4 is 0 Å². The largest absolute Gasteiger partial charge is 0.389 e. The van der Waals surface area contributed by atoms with Crippen LogP contribution in [0.3, 0.4) is 0 Å². The summed E-state index contributed by atoms with van der Waals surface area (Å²) in [4.78, 5) is 0.